The summed E-state index contributed by atoms with van der Waals surface area (Å²) in [6.45, 7) is 0. The van der Waals surface area contributed by atoms with Crippen LogP contribution in [0.2, 0.25) is 0 Å². The number of fused-ring (bicyclic) bond motifs is 1. The van der Waals surface area contributed by atoms with Crippen molar-refractivity contribution in [3.63, 3.8) is 0 Å². The quantitative estimate of drug-likeness (QED) is 0.718. The summed E-state index contributed by atoms with van der Waals surface area (Å²) in [5.41, 5.74) is 0.356. The van der Waals surface area contributed by atoms with Gasteiger partial charge in [-0.3, -0.25) is 4.79 Å². The van der Waals surface area contributed by atoms with Crippen molar-refractivity contribution in [1.29, 1.82) is 0 Å². The fourth-order valence-electron chi connectivity index (χ4n) is 2.75. The highest BCUT2D eigenvalue weighted by atomic mass is 16.5. The Morgan fingerprint density at radius 1 is 0.880 bits per heavy atom. The van der Waals surface area contributed by atoms with Crippen LogP contribution in [0.15, 0.2) is 54.6 Å². The van der Waals surface area contributed by atoms with Crippen LogP contribution in [0.25, 0.3) is 10.8 Å². The van der Waals surface area contributed by atoms with Crippen LogP contribution in [0.5, 0.6) is 11.5 Å². The fourth-order valence-corrected chi connectivity index (χ4v) is 2.75. The molecule has 0 heterocycles. The number of methoxy groups -OCH3 is 2. The van der Waals surface area contributed by atoms with Crippen LogP contribution in [0, 0.1) is 0 Å². The van der Waals surface area contributed by atoms with Gasteiger partial charge in [0.1, 0.15) is 11.5 Å². The molecule has 0 atom stereocenters. The summed E-state index contributed by atoms with van der Waals surface area (Å²) in [6.07, 6.45) is 0. The molecule has 25 heavy (non-hydrogen) atoms. The Hall–Kier alpha value is -3.34. The third-order valence-corrected chi connectivity index (χ3v) is 4.01. The van der Waals surface area contributed by atoms with Gasteiger partial charge in [0.2, 0.25) is 0 Å². The predicted molar refractivity (Wildman–Crippen MR) is 93.9 cm³/mol. The van der Waals surface area contributed by atoms with Crippen molar-refractivity contribution >= 4 is 22.5 Å². The molecule has 3 rings (SSSR count). The minimum Gasteiger partial charge on any atom is -0.497 e. The molecular weight excluding hydrogens is 320 g/mol. The standard InChI is InChI=1S/C20H16O5/c1-24-15-9-8-12-10-14(7-6-13(12)11-15)19(21)18-16(20(22)23)4-3-5-17(18)25-2/h3-11H,1-2H3,(H,22,23). The maximum Gasteiger partial charge on any atom is 0.336 e. The number of carbonyl (C=O) groups excluding carboxylic acids is 1. The van der Waals surface area contributed by atoms with Crippen LogP contribution in [0.1, 0.15) is 26.3 Å². The topological polar surface area (TPSA) is 72.8 Å². The van der Waals surface area contributed by atoms with Gasteiger partial charge in [-0.05, 0) is 41.1 Å². The van der Waals surface area contributed by atoms with E-state index in [1.807, 2.05) is 18.2 Å². The Morgan fingerprint density at radius 3 is 2.28 bits per heavy atom. The van der Waals surface area contributed by atoms with Gasteiger partial charge in [-0.25, -0.2) is 4.79 Å². The molecule has 0 aromatic heterocycles. The van der Waals surface area contributed by atoms with Gasteiger partial charge in [-0.2, -0.15) is 0 Å². The first-order valence-electron chi connectivity index (χ1n) is 7.58. The first-order valence-corrected chi connectivity index (χ1v) is 7.58. The summed E-state index contributed by atoms with van der Waals surface area (Å²) < 4.78 is 10.4. The lowest BCUT2D eigenvalue weighted by Crippen LogP contribution is -2.11. The van der Waals surface area contributed by atoms with E-state index in [4.69, 9.17) is 9.47 Å². The summed E-state index contributed by atoms with van der Waals surface area (Å²) in [5, 5.41) is 11.2. The molecule has 0 fully saturated rings. The van der Waals surface area contributed by atoms with Gasteiger partial charge in [0.25, 0.3) is 0 Å². The summed E-state index contributed by atoms with van der Waals surface area (Å²) in [4.78, 5) is 24.4. The summed E-state index contributed by atoms with van der Waals surface area (Å²) in [6, 6.07) is 15.3. The number of ether oxygens (including phenoxy) is 2. The van der Waals surface area contributed by atoms with Crippen molar-refractivity contribution in [3.05, 3.63) is 71.3 Å². The lowest BCUT2D eigenvalue weighted by molar-refractivity contribution is 0.0692. The molecule has 0 aliphatic rings. The summed E-state index contributed by atoms with van der Waals surface area (Å²) in [5.74, 6) is -0.607. The maximum atomic E-state index is 13.0. The number of carboxylic acid groups (broad SMARTS) is 1. The van der Waals surface area contributed by atoms with E-state index < -0.39 is 11.8 Å². The molecular formula is C20H16O5. The van der Waals surface area contributed by atoms with Crippen molar-refractivity contribution in [2.75, 3.05) is 14.2 Å². The highest BCUT2D eigenvalue weighted by Gasteiger charge is 2.22. The van der Waals surface area contributed by atoms with Gasteiger partial charge in [-0.1, -0.05) is 24.3 Å². The Labute approximate surface area is 144 Å². The van der Waals surface area contributed by atoms with Gasteiger partial charge in [0, 0.05) is 5.56 Å². The van der Waals surface area contributed by atoms with Crippen LogP contribution in [0.4, 0.5) is 0 Å². The van der Waals surface area contributed by atoms with Crippen molar-refractivity contribution in [1.82, 2.24) is 0 Å². The minimum absolute atomic E-state index is 0.0466. The van der Waals surface area contributed by atoms with E-state index in [1.54, 1.807) is 37.4 Å². The van der Waals surface area contributed by atoms with E-state index in [9.17, 15) is 14.7 Å². The molecule has 5 nitrogen and oxygen atoms in total. The van der Waals surface area contributed by atoms with Gasteiger partial charge in [-0.15, -0.1) is 0 Å². The lowest BCUT2D eigenvalue weighted by atomic mass is 9.95. The van der Waals surface area contributed by atoms with E-state index in [2.05, 4.69) is 0 Å². The van der Waals surface area contributed by atoms with Gasteiger partial charge in [0.05, 0.1) is 25.3 Å². The maximum absolute atomic E-state index is 13.0. The Morgan fingerprint density at radius 2 is 1.60 bits per heavy atom. The molecule has 0 saturated carbocycles. The van der Waals surface area contributed by atoms with Crippen LogP contribution in [-0.4, -0.2) is 31.1 Å². The smallest absolute Gasteiger partial charge is 0.336 e. The van der Waals surface area contributed by atoms with Gasteiger partial charge < -0.3 is 14.6 Å². The second-order valence-electron chi connectivity index (χ2n) is 5.44. The van der Waals surface area contributed by atoms with Gasteiger partial charge >= 0.3 is 5.97 Å². The van der Waals surface area contributed by atoms with Crippen LogP contribution in [-0.2, 0) is 0 Å². The van der Waals surface area contributed by atoms with Crippen molar-refractivity contribution in [2.45, 2.75) is 0 Å². The molecule has 0 amide bonds. The normalized spacial score (nSPS) is 10.5. The van der Waals surface area contributed by atoms with E-state index in [0.29, 0.717) is 5.56 Å². The van der Waals surface area contributed by atoms with Crippen LogP contribution in [0.3, 0.4) is 0 Å². The number of aromatic carboxylic acids is 1. The molecule has 0 spiro atoms. The number of benzene rings is 3. The highest BCUT2D eigenvalue weighted by Crippen LogP contribution is 2.28. The number of carboxylic acids is 1. The van der Waals surface area contributed by atoms with Crippen LogP contribution < -0.4 is 9.47 Å². The van der Waals surface area contributed by atoms with Gasteiger partial charge in [0.15, 0.2) is 5.78 Å². The Kier molecular flexibility index (Phi) is 4.39. The second kappa shape index (κ2) is 6.65. The zero-order valence-electron chi connectivity index (χ0n) is 13.8. The van der Waals surface area contributed by atoms with Crippen molar-refractivity contribution < 1.29 is 24.2 Å². The first kappa shape index (κ1) is 16.5. The first-order chi connectivity index (χ1) is 12.0. The molecule has 0 unspecified atom stereocenters. The lowest BCUT2D eigenvalue weighted by Gasteiger charge is -2.11. The number of ketones is 1. The third kappa shape index (κ3) is 3.04. The molecule has 0 aliphatic carbocycles. The van der Waals surface area contributed by atoms with E-state index >= 15 is 0 Å². The molecule has 5 heteroatoms. The van der Waals surface area contributed by atoms with Crippen molar-refractivity contribution in [2.24, 2.45) is 0 Å². The molecule has 0 saturated heterocycles. The SMILES string of the molecule is COc1ccc2cc(C(=O)c3c(OC)cccc3C(=O)O)ccc2c1. The predicted octanol–water partition coefficient (Wildman–Crippen LogP) is 3.79. The summed E-state index contributed by atoms with van der Waals surface area (Å²) >= 11 is 0. The van der Waals surface area contributed by atoms with Crippen LogP contribution >= 0.6 is 0 Å². The largest absolute Gasteiger partial charge is 0.497 e. The molecule has 126 valence electrons. The molecule has 0 radical (unpaired) electrons. The van der Waals surface area contributed by atoms with E-state index in [1.165, 1.54) is 13.2 Å². The minimum atomic E-state index is -1.17. The fraction of sp³-hybridized carbons (Fsp3) is 0.100. The average Bonchev–Trinajstić information content (AvgIpc) is 2.65. The molecule has 3 aromatic carbocycles. The second-order valence-corrected chi connectivity index (χ2v) is 5.44. The number of hydrogen-bond acceptors (Lipinski definition) is 4. The highest BCUT2D eigenvalue weighted by molar-refractivity contribution is 6.16. The van der Waals surface area contributed by atoms with Crippen molar-refractivity contribution in [3.8, 4) is 11.5 Å². The van der Waals surface area contributed by atoms with E-state index in [0.717, 1.165) is 16.5 Å². The Bertz CT molecular complexity index is 975. The summed E-state index contributed by atoms with van der Waals surface area (Å²) in [7, 11) is 3.00. The molecule has 0 bridgehead atoms. The monoisotopic (exact) mass is 336 g/mol. The number of hydrogen-bond donors (Lipinski definition) is 1. The van der Waals surface area contributed by atoms with E-state index in [-0.39, 0.29) is 16.9 Å². The molecule has 1 N–H and O–H groups in total. The average molecular weight is 336 g/mol. The number of carbonyl (C=O) groups is 2. The third-order valence-electron chi connectivity index (χ3n) is 4.01. The molecule has 3 aromatic rings. The molecule has 0 aliphatic heterocycles. The zero-order chi connectivity index (χ0) is 18.0. The number of rotatable bonds is 5. The zero-order valence-corrected chi connectivity index (χ0v) is 13.8. The Balaban J connectivity index is 2.13.